The lowest BCUT2D eigenvalue weighted by molar-refractivity contribution is 0.0733. The lowest BCUT2D eigenvalue weighted by Crippen LogP contribution is -2.36. The summed E-state index contributed by atoms with van der Waals surface area (Å²) in [6.07, 6.45) is 6.30. The van der Waals surface area contributed by atoms with Crippen LogP contribution in [-0.4, -0.2) is 47.6 Å². The zero-order valence-electron chi connectivity index (χ0n) is 15.0. The van der Waals surface area contributed by atoms with Crippen molar-refractivity contribution in [3.8, 4) is 11.5 Å². The topological polar surface area (TPSA) is 76.6 Å². The average molecular weight is 354 g/mol. The maximum absolute atomic E-state index is 12.8. The largest absolute Gasteiger partial charge is 0.493 e. The Kier molecular flexibility index (Phi) is 4.36. The first kappa shape index (κ1) is 16.6. The van der Waals surface area contributed by atoms with Gasteiger partial charge >= 0.3 is 0 Å². The first-order valence-electron chi connectivity index (χ1n) is 8.79. The van der Waals surface area contributed by atoms with Crippen molar-refractivity contribution in [2.75, 3.05) is 26.1 Å². The fourth-order valence-corrected chi connectivity index (χ4v) is 3.16. The molecule has 7 heteroatoms. The summed E-state index contributed by atoms with van der Waals surface area (Å²) in [6, 6.07) is 4.44. The third kappa shape index (κ3) is 3.29. The molecule has 2 aromatic rings. The Balaban J connectivity index is 1.49. The minimum atomic E-state index is -0.0524. The smallest absolute Gasteiger partial charge is 0.257 e. The zero-order valence-corrected chi connectivity index (χ0v) is 15.0. The quantitative estimate of drug-likeness (QED) is 0.888. The SMILES string of the molecule is COc1cc2c(cc1OC)CN(C(=O)c1cnc(NC3CC3)nc1)CC2. The molecule has 1 aliphatic carbocycles. The molecular formula is C19H22N4O3. The first-order chi connectivity index (χ1) is 12.7. The molecule has 1 aliphatic heterocycles. The number of carbonyl (C=O) groups is 1. The molecule has 1 aromatic carbocycles. The number of nitrogens with zero attached hydrogens (tertiary/aromatic N) is 3. The van der Waals surface area contributed by atoms with E-state index in [1.165, 1.54) is 5.56 Å². The number of fused-ring (bicyclic) bond motifs is 1. The summed E-state index contributed by atoms with van der Waals surface area (Å²) >= 11 is 0. The minimum absolute atomic E-state index is 0.0524. The molecule has 4 rings (SSSR count). The van der Waals surface area contributed by atoms with Crippen LogP contribution in [0.3, 0.4) is 0 Å². The van der Waals surface area contributed by atoms with Crippen LogP contribution in [0.15, 0.2) is 24.5 Å². The number of methoxy groups -OCH3 is 2. The van der Waals surface area contributed by atoms with Crippen LogP contribution < -0.4 is 14.8 Å². The number of hydrogen-bond donors (Lipinski definition) is 1. The van der Waals surface area contributed by atoms with Gasteiger partial charge in [0.2, 0.25) is 5.95 Å². The third-order valence-corrected chi connectivity index (χ3v) is 4.81. The predicted octanol–water partition coefficient (Wildman–Crippen LogP) is 2.27. The van der Waals surface area contributed by atoms with Gasteiger partial charge in [-0.15, -0.1) is 0 Å². The molecule has 0 radical (unpaired) electrons. The van der Waals surface area contributed by atoms with Gasteiger partial charge in [-0.05, 0) is 42.5 Å². The Morgan fingerprint density at radius 2 is 1.77 bits per heavy atom. The zero-order chi connectivity index (χ0) is 18.1. The van der Waals surface area contributed by atoms with Crippen molar-refractivity contribution in [2.24, 2.45) is 0 Å². The maximum Gasteiger partial charge on any atom is 0.257 e. The molecule has 0 saturated heterocycles. The molecule has 2 heterocycles. The van der Waals surface area contributed by atoms with Gasteiger partial charge in [-0.1, -0.05) is 0 Å². The van der Waals surface area contributed by atoms with Gasteiger partial charge in [-0.25, -0.2) is 9.97 Å². The first-order valence-corrected chi connectivity index (χ1v) is 8.79. The number of anilines is 1. The van der Waals surface area contributed by atoms with Crippen molar-refractivity contribution in [1.29, 1.82) is 0 Å². The molecule has 0 bridgehead atoms. The minimum Gasteiger partial charge on any atom is -0.493 e. The van der Waals surface area contributed by atoms with Gasteiger partial charge in [0.05, 0.1) is 19.8 Å². The molecule has 1 fully saturated rings. The van der Waals surface area contributed by atoms with E-state index in [1.54, 1.807) is 26.6 Å². The molecular weight excluding hydrogens is 332 g/mol. The summed E-state index contributed by atoms with van der Waals surface area (Å²) < 4.78 is 10.7. The summed E-state index contributed by atoms with van der Waals surface area (Å²) in [7, 11) is 3.25. The number of benzene rings is 1. The monoisotopic (exact) mass is 354 g/mol. The van der Waals surface area contributed by atoms with Crippen molar-refractivity contribution in [3.63, 3.8) is 0 Å². The Labute approximate surface area is 152 Å². The van der Waals surface area contributed by atoms with Crippen molar-refractivity contribution < 1.29 is 14.3 Å². The Morgan fingerprint density at radius 1 is 1.12 bits per heavy atom. The predicted molar refractivity (Wildman–Crippen MR) is 96.7 cm³/mol. The molecule has 1 N–H and O–H groups in total. The summed E-state index contributed by atoms with van der Waals surface area (Å²) in [5.41, 5.74) is 2.78. The summed E-state index contributed by atoms with van der Waals surface area (Å²) in [5.74, 6) is 1.94. The highest BCUT2D eigenvalue weighted by Gasteiger charge is 2.25. The van der Waals surface area contributed by atoms with E-state index in [1.807, 2.05) is 17.0 Å². The highest BCUT2D eigenvalue weighted by Crippen LogP contribution is 2.33. The van der Waals surface area contributed by atoms with E-state index >= 15 is 0 Å². The van der Waals surface area contributed by atoms with Gasteiger partial charge in [0.1, 0.15) is 0 Å². The van der Waals surface area contributed by atoms with Gasteiger partial charge in [0.25, 0.3) is 5.91 Å². The van der Waals surface area contributed by atoms with E-state index in [-0.39, 0.29) is 5.91 Å². The van der Waals surface area contributed by atoms with Crippen molar-refractivity contribution in [1.82, 2.24) is 14.9 Å². The van der Waals surface area contributed by atoms with Crippen LogP contribution >= 0.6 is 0 Å². The Morgan fingerprint density at radius 3 is 2.38 bits per heavy atom. The second kappa shape index (κ2) is 6.82. The van der Waals surface area contributed by atoms with Crippen LogP contribution in [0.2, 0.25) is 0 Å². The molecule has 0 atom stereocenters. The van der Waals surface area contributed by atoms with Gasteiger partial charge in [0, 0.05) is 31.5 Å². The number of ether oxygens (including phenoxy) is 2. The van der Waals surface area contributed by atoms with E-state index in [4.69, 9.17) is 9.47 Å². The normalized spacial score (nSPS) is 16.0. The average Bonchev–Trinajstić information content (AvgIpc) is 3.50. The van der Waals surface area contributed by atoms with Crippen LogP contribution in [0.5, 0.6) is 11.5 Å². The van der Waals surface area contributed by atoms with E-state index in [0.717, 1.165) is 30.6 Å². The molecule has 1 aromatic heterocycles. The molecule has 136 valence electrons. The van der Waals surface area contributed by atoms with Gasteiger partial charge in [0.15, 0.2) is 11.5 Å². The van der Waals surface area contributed by atoms with Crippen LogP contribution in [0.1, 0.15) is 34.3 Å². The van der Waals surface area contributed by atoms with Crippen molar-refractivity contribution >= 4 is 11.9 Å². The van der Waals surface area contributed by atoms with E-state index in [9.17, 15) is 4.79 Å². The summed E-state index contributed by atoms with van der Waals surface area (Å²) in [5, 5.41) is 3.23. The molecule has 2 aliphatic rings. The molecule has 1 saturated carbocycles. The summed E-state index contributed by atoms with van der Waals surface area (Å²) in [6.45, 7) is 1.19. The van der Waals surface area contributed by atoms with Crippen LogP contribution in [0.4, 0.5) is 5.95 Å². The fourth-order valence-electron chi connectivity index (χ4n) is 3.16. The van der Waals surface area contributed by atoms with Crippen LogP contribution in [0.25, 0.3) is 0 Å². The highest BCUT2D eigenvalue weighted by atomic mass is 16.5. The second-order valence-corrected chi connectivity index (χ2v) is 6.67. The third-order valence-electron chi connectivity index (χ3n) is 4.81. The maximum atomic E-state index is 12.8. The van der Waals surface area contributed by atoms with Gasteiger partial charge in [-0.2, -0.15) is 0 Å². The summed E-state index contributed by atoms with van der Waals surface area (Å²) in [4.78, 5) is 23.1. The Bertz CT molecular complexity index is 818. The molecule has 1 amide bonds. The second-order valence-electron chi connectivity index (χ2n) is 6.67. The standard InChI is InChI=1S/C19H22N4O3/c1-25-16-7-12-5-6-23(11-13(12)8-17(16)26-2)18(24)14-9-20-19(21-10-14)22-15-3-4-15/h7-10,15H,3-6,11H2,1-2H3,(H,20,21,22). The van der Waals surface area contributed by atoms with E-state index in [0.29, 0.717) is 36.4 Å². The Hall–Kier alpha value is -2.83. The lowest BCUT2D eigenvalue weighted by Gasteiger charge is -2.29. The molecule has 0 unspecified atom stereocenters. The van der Waals surface area contributed by atoms with E-state index in [2.05, 4.69) is 15.3 Å². The highest BCUT2D eigenvalue weighted by molar-refractivity contribution is 5.93. The number of aromatic nitrogens is 2. The number of amides is 1. The van der Waals surface area contributed by atoms with Gasteiger partial charge in [-0.3, -0.25) is 4.79 Å². The van der Waals surface area contributed by atoms with E-state index < -0.39 is 0 Å². The number of hydrogen-bond acceptors (Lipinski definition) is 6. The lowest BCUT2D eigenvalue weighted by atomic mass is 9.98. The molecule has 7 nitrogen and oxygen atoms in total. The van der Waals surface area contributed by atoms with Crippen molar-refractivity contribution in [3.05, 3.63) is 41.2 Å². The molecule has 0 spiro atoms. The fraction of sp³-hybridized carbons (Fsp3) is 0.421. The molecule has 26 heavy (non-hydrogen) atoms. The number of carbonyl (C=O) groups excluding carboxylic acids is 1. The van der Waals surface area contributed by atoms with Crippen LogP contribution in [-0.2, 0) is 13.0 Å². The van der Waals surface area contributed by atoms with Crippen molar-refractivity contribution in [2.45, 2.75) is 31.8 Å². The number of rotatable bonds is 5. The van der Waals surface area contributed by atoms with Crippen LogP contribution in [0, 0.1) is 0 Å². The number of nitrogens with one attached hydrogen (secondary N) is 1. The van der Waals surface area contributed by atoms with Gasteiger partial charge < -0.3 is 19.7 Å².